The van der Waals surface area contributed by atoms with Crippen LogP contribution in [0.3, 0.4) is 0 Å². The monoisotopic (exact) mass is 281 g/mol. The molecule has 0 bridgehead atoms. The van der Waals surface area contributed by atoms with E-state index in [4.69, 9.17) is 5.73 Å². The number of nitrogens with two attached hydrogens (primary N) is 1. The van der Waals surface area contributed by atoms with Crippen molar-refractivity contribution in [3.8, 4) is 0 Å². The van der Waals surface area contributed by atoms with Gasteiger partial charge in [0.15, 0.2) is 0 Å². The summed E-state index contributed by atoms with van der Waals surface area (Å²) in [7, 11) is 0. The van der Waals surface area contributed by atoms with Crippen LogP contribution in [0.1, 0.15) is 10.6 Å². The van der Waals surface area contributed by atoms with E-state index >= 15 is 0 Å². The van der Waals surface area contributed by atoms with Crippen LogP contribution in [-0.4, -0.2) is 11.5 Å². The van der Waals surface area contributed by atoms with Crippen LogP contribution in [0.2, 0.25) is 0 Å². The first-order valence-corrected chi connectivity index (χ1v) is 7.56. The molecule has 0 saturated carbocycles. The average molecular weight is 281 g/mol. The van der Waals surface area contributed by atoms with Gasteiger partial charge in [-0.2, -0.15) is 0 Å². The SMILES string of the molecule is Cc1nc2cc(N3CCc4ccccc43)c(N)cc2s1. The topological polar surface area (TPSA) is 42.2 Å². The van der Waals surface area contributed by atoms with Crippen molar-refractivity contribution in [1.82, 2.24) is 4.98 Å². The summed E-state index contributed by atoms with van der Waals surface area (Å²) in [5.41, 5.74) is 11.9. The lowest BCUT2D eigenvalue weighted by atomic mass is 10.1. The number of nitrogen functional groups attached to an aromatic ring is 1. The number of fused-ring (bicyclic) bond motifs is 2. The van der Waals surface area contributed by atoms with Crippen LogP contribution >= 0.6 is 11.3 Å². The minimum Gasteiger partial charge on any atom is -0.397 e. The molecule has 2 aromatic carbocycles. The van der Waals surface area contributed by atoms with Crippen molar-refractivity contribution < 1.29 is 0 Å². The van der Waals surface area contributed by atoms with Gasteiger partial charge in [-0.3, -0.25) is 0 Å². The van der Waals surface area contributed by atoms with Gasteiger partial charge in [0.25, 0.3) is 0 Å². The Morgan fingerprint density at radius 3 is 2.95 bits per heavy atom. The Balaban J connectivity index is 1.88. The zero-order valence-corrected chi connectivity index (χ0v) is 12.1. The van der Waals surface area contributed by atoms with Crippen LogP contribution in [-0.2, 0) is 6.42 Å². The lowest BCUT2D eigenvalue weighted by Crippen LogP contribution is -2.14. The van der Waals surface area contributed by atoms with Gasteiger partial charge in [0.2, 0.25) is 0 Å². The Morgan fingerprint density at radius 2 is 2.05 bits per heavy atom. The zero-order chi connectivity index (χ0) is 13.7. The van der Waals surface area contributed by atoms with Crippen LogP contribution in [0.15, 0.2) is 36.4 Å². The summed E-state index contributed by atoms with van der Waals surface area (Å²) < 4.78 is 1.16. The molecule has 1 aliphatic rings. The third kappa shape index (κ3) is 1.68. The molecule has 2 heterocycles. The van der Waals surface area contributed by atoms with Crippen molar-refractivity contribution in [3.63, 3.8) is 0 Å². The highest BCUT2D eigenvalue weighted by molar-refractivity contribution is 7.18. The maximum absolute atomic E-state index is 6.27. The summed E-state index contributed by atoms with van der Waals surface area (Å²) >= 11 is 1.69. The number of nitrogens with zero attached hydrogens (tertiary/aromatic N) is 2. The highest BCUT2D eigenvalue weighted by atomic mass is 32.1. The standard InChI is InChI=1S/C16H15N3S/c1-10-18-13-9-15(12(17)8-16(13)20-10)19-7-6-11-4-2-3-5-14(11)19/h2-5,8-9H,6-7,17H2,1H3. The molecule has 2 N–H and O–H groups in total. The Bertz CT molecular complexity index is 807. The van der Waals surface area contributed by atoms with E-state index in [1.165, 1.54) is 11.3 Å². The molecular weight excluding hydrogens is 266 g/mol. The first-order valence-electron chi connectivity index (χ1n) is 6.74. The minimum absolute atomic E-state index is 0.831. The van der Waals surface area contributed by atoms with E-state index in [1.54, 1.807) is 11.3 Å². The summed E-state index contributed by atoms with van der Waals surface area (Å²) in [6, 6.07) is 12.7. The van der Waals surface area contributed by atoms with Gasteiger partial charge in [-0.15, -0.1) is 11.3 Å². The third-order valence-corrected chi connectivity index (χ3v) is 4.76. The molecule has 0 atom stereocenters. The van der Waals surface area contributed by atoms with E-state index in [-0.39, 0.29) is 0 Å². The van der Waals surface area contributed by atoms with E-state index < -0.39 is 0 Å². The van der Waals surface area contributed by atoms with Gasteiger partial charge >= 0.3 is 0 Å². The molecular formula is C16H15N3S. The molecule has 20 heavy (non-hydrogen) atoms. The minimum atomic E-state index is 0.831. The molecule has 0 spiro atoms. The number of aryl methyl sites for hydroxylation is 1. The van der Waals surface area contributed by atoms with Gasteiger partial charge in [-0.05, 0) is 37.1 Å². The van der Waals surface area contributed by atoms with Crippen LogP contribution in [0.5, 0.6) is 0 Å². The van der Waals surface area contributed by atoms with Crippen molar-refractivity contribution in [1.29, 1.82) is 0 Å². The average Bonchev–Trinajstić information content (AvgIpc) is 3.00. The molecule has 0 amide bonds. The second-order valence-corrected chi connectivity index (χ2v) is 6.38. The Kier molecular flexibility index (Phi) is 2.47. The van der Waals surface area contributed by atoms with E-state index in [0.717, 1.165) is 39.6 Å². The Hall–Kier alpha value is -2.07. The molecule has 0 unspecified atom stereocenters. The van der Waals surface area contributed by atoms with E-state index in [0.29, 0.717) is 0 Å². The van der Waals surface area contributed by atoms with E-state index in [1.807, 2.05) is 6.92 Å². The number of benzene rings is 2. The maximum atomic E-state index is 6.27. The maximum Gasteiger partial charge on any atom is 0.0907 e. The number of thiazole rings is 1. The Labute approximate surface area is 121 Å². The van der Waals surface area contributed by atoms with Crippen molar-refractivity contribution >= 4 is 38.6 Å². The smallest absolute Gasteiger partial charge is 0.0907 e. The first kappa shape index (κ1) is 11.7. The van der Waals surface area contributed by atoms with E-state index in [2.05, 4.69) is 46.3 Å². The van der Waals surface area contributed by atoms with Crippen LogP contribution in [0.4, 0.5) is 17.1 Å². The number of para-hydroxylation sites is 1. The van der Waals surface area contributed by atoms with E-state index in [9.17, 15) is 0 Å². The highest BCUT2D eigenvalue weighted by Gasteiger charge is 2.22. The molecule has 0 fully saturated rings. The molecule has 100 valence electrons. The van der Waals surface area contributed by atoms with Crippen molar-refractivity contribution in [2.24, 2.45) is 0 Å². The second kappa shape index (κ2) is 4.21. The van der Waals surface area contributed by atoms with Gasteiger partial charge in [-0.1, -0.05) is 18.2 Å². The van der Waals surface area contributed by atoms with Gasteiger partial charge in [-0.25, -0.2) is 4.98 Å². The molecule has 0 saturated heterocycles. The number of anilines is 3. The quantitative estimate of drug-likeness (QED) is 0.688. The predicted octanol–water partition coefficient (Wildman–Crippen LogP) is 3.88. The number of hydrogen-bond acceptors (Lipinski definition) is 4. The molecule has 1 aromatic heterocycles. The summed E-state index contributed by atoms with van der Waals surface area (Å²) in [6.45, 7) is 3.02. The Morgan fingerprint density at radius 1 is 1.20 bits per heavy atom. The van der Waals surface area contributed by atoms with Gasteiger partial charge < -0.3 is 10.6 Å². The molecule has 0 radical (unpaired) electrons. The summed E-state index contributed by atoms with van der Waals surface area (Å²) in [5.74, 6) is 0. The van der Waals surface area contributed by atoms with Crippen molar-refractivity contribution in [2.75, 3.05) is 17.2 Å². The molecule has 4 heteroatoms. The molecule has 0 aliphatic carbocycles. The van der Waals surface area contributed by atoms with Crippen molar-refractivity contribution in [2.45, 2.75) is 13.3 Å². The van der Waals surface area contributed by atoms with Crippen LogP contribution in [0, 0.1) is 6.92 Å². The third-order valence-electron chi connectivity index (χ3n) is 3.82. The predicted molar refractivity (Wildman–Crippen MR) is 85.9 cm³/mol. The fourth-order valence-corrected chi connectivity index (χ4v) is 3.77. The number of aromatic nitrogens is 1. The first-order chi connectivity index (χ1) is 9.72. The highest BCUT2D eigenvalue weighted by Crippen LogP contribution is 2.39. The lowest BCUT2D eigenvalue weighted by Gasteiger charge is -2.21. The fourth-order valence-electron chi connectivity index (χ4n) is 2.92. The van der Waals surface area contributed by atoms with Gasteiger partial charge in [0.1, 0.15) is 0 Å². The van der Waals surface area contributed by atoms with Gasteiger partial charge in [0.05, 0.1) is 26.6 Å². The normalized spacial score (nSPS) is 13.9. The van der Waals surface area contributed by atoms with Crippen LogP contribution in [0.25, 0.3) is 10.2 Å². The van der Waals surface area contributed by atoms with Gasteiger partial charge in [0, 0.05) is 12.2 Å². The molecule has 4 rings (SSSR count). The molecule has 3 aromatic rings. The van der Waals surface area contributed by atoms with Crippen molar-refractivity contribution in [3.05, 3.63) is 47.0 Å². The number of hydrogen-bond donors (Lipinski definition) is 1. The summed E-state index contributed by atoms with van der Waals surface area (Å²) in [4.78, 5) is 6.88. The fraction of sp³-hybridized carbons (Fsp3) is 0.188. The second-order valence-electron chi connectivity index (χ2n) is 5.14. The number of rotatable bonds is 1. The molecule has 1 aliphatic heterocycles. The van der Waals surface area contributed by atoms with Crippen LogP contribution < -0.4 is 10.6 Å². The molecule has 3 nitrogen and oxygen atoms in total. The summed E-state index contributed by atoms with van der Waals surface area (Å²) in [6.07, 6.45) is 1.07. The summed E-state index contributed by atoms with van der Waals surface area (Å²) in [5, 5.41) is 1.08. The lowest BCUT2D eigenvalue weighted by molar-refractivity contribution is 1.00. The largest absolute Gasteiger partial charge is 0.397 e. The zero-order valence-electron chi connectivity index (χ0n) is 11.3.